The van der Waals surface area contributed by atoms with Crippen LogP contribution in [0.5, 0.6) is 11.5 Å². The summed E-state index contributed by atoms with van der Waals surface area (Å²) in [7, 11) is 1.71. The summed E-state index contributed by atoms with van der Waals surface area (Å²) < 4.78 is 13.8. The van der Waals surface area contributed by atoms with Crippen LogP contribution in [0.25, 0.3) is 0 Å². The van der Waals surface area contributed by atoms with Crippen LogP contribution in [0.4, 0.5) is 5.69 Å². The van der Waals surface area contributed by atoms with Gasteiger partial charge in [0.05, 0.1) is 12.7 Å². The molecule has 0 unspecified atom stereocenters. The van der Waals surface area contributed by atoms with Crippen LogP contribution in [0, 0.1) is 0 Å². The predicted molar refractivity (Wildman–Crippen MR) is 133 cm³/mol. The second-order valence-corrected chi connectivity index (χ2v) is 8.48. The van der Waals surface area contributed by atoms with Crippen molar-refractivity contribution in [1.82, 2.24) is 0 Å². The summed E-state index contributed by atoms with van der Waals surface area (Å²) in [6.07, 6.45) is 0.941. The molecule has 0 amide bonds. The minimum Gasteiger partial charge on any atom is -0.497 e. The molecule has 0 bridgehead atoms. The fourth-order valence-corrected chi connectivity index (χ4v) is 4.39. The fourth-order valence-electron chi connectivity index (χ4n) is 4.26. The van der Waals surface area contributed by atoms with Gasteiger partial charge >= 0.3 is 0 Å². The van der Waals surface area contributed by atoms with Crippen molar-refractivity contribution >= 4 is 23.0 Å². The number of halogens is 1. The maximum Gasteiger partial charge on any atom is 0.220 e. The lowest BCUT2D eigenvalue weighted by Crippen LogP contribution is -2.28. The third-order valence-corrected chi connectivity index (χ3v) is 6.21. The van der Waals surface area contributed by atoms with Gasteiger partial charge in [0.15, 0.2) is 6.54 Å². The van der Waals surface area contributed by atoms with Crippen LogP contribution in [-0.2, 0) is 13.0 Å². The molecular formula is C29H25ClNO2+. The van der Waals surface area contributed by atoms with Crippen molar-refractivity contribution in [3.05, 3.63) is 124 Å². The molecule has 3 nitrogen and oxygen atoms in total. The molecule has 0 saturated carbocycles. The molecule has 0 fully saturated rings. The van der Waals surface area contributed by atoms with E-state index in [1.54, 1.807) is 7.11 Å². The largest absolute Gasteiger partial charge is 0.497 e. The van der Waals surface area contributed by atoms with Crippen LogP contribution in [0.3, 0.4) is 0 Å². The van der Waals surface area contributed by atoms with Gasteiger partial charge in [-0.3, -0.25) is 0 Å². The van der Waals surface area contributed by atoms with Gasteiger partial charge in [-0.15, -0.1) is 0 Å². The third kappa shape index (κ3) is 4.64. The number of hydrogen-bond acceptors (Lipinski definition) is 2. The Hall–Kier alpha value is -3.56. The summed E-state index contributed by atoms with van der Waals surface area (Å²) >= 11 is 6.16. The van der Waals surface area contributed by atoms with E-state index < -0.39 is 0 Å². The van der Waals surface area contributed by atoms with Crippen molar-refractivity contribution in [2.45, 2.75) is 13.0 Å². The van der Waals surface area contributed by atoms with Crippen LogP contribution < -0.4 is 9.47 Å². The molecule has 33 heavy (non-hydrogen) atoms. The van der Waals surface area contributed by atoms with Gasteiger partial charge in [0.1, 0.15) is 18.1 Å². The summed E-state index contributed by atoms with van der Waals surface area (Å²) in [5.41, 5.74) is 7.10. The van der Waals surface area contributed by atoms with E-state index in [-0.39, 0.29) is 0 Å². The SMILES string of the molecule is COc1ccc2c(c1)CC[N+](c1ccc(Cl)cc1)=C2c1ccc(OCc2ccccc2)cc1. The topological polar surface area (TPSA) is 21.5 Å². The molecule has 0 N–H and O–H groups in total. The van der Waals surface area contributed by atoms with E-state index in [1.807, 2.05) is 48.5 Å². The van der Waals surface area contributed by atoms with E-state index in [0.717, 1.165) is 46.3 Å². The average molecular weight is 455 g/mol. The molecule has 1 aliphatic rings. The van der Waals surface area contributed by atoms with E-state index >= 15 is 0 Å². The molecule has 1 heterocycles. The van der Waals surface area contributed by atoms with Crippen molar-refractivity contribution in [1.29, 1.82) is 0 Å². The van der Waals surface area contributed by atoms with E-state index in [9.17, 15) is 0 Å². The Morgan fingerprint density at radius 3 is 2.27 bits per heavy atom. The van der Waals surface area contributed by atoms with Crippen LogP contribution in [0.1, 0.15) is 22.3 Å². The first-order valence-corrected chi connectivity index (χ1v) is 11.4. The molecule has 4 aromatic rings. The van der Waals surface area contributed by atoms with Crippen LogP contribution in [-0.4, -0.2) is 23.9 Å². The van der Waals surface area contributed by atoms with Gasteiger partial charge in [0.2, 0.25) is 11.4 Å². The zero-order valence-corrected chi connectivity index (χ0v) is 19.3. The summed E-state index contributed by atoms with van der Waals surface area (Å²) in [5, 5.41) is 0.738. The molecule has 1 aliphatic heterocycles. The smallest absolute Gasteiger partial charge is 0.220 e. The Bertz CT molecular complexity index is 1280. The average Bonchev–Trinajstić information content (AvgIpc) is 2.88. The van der Waals surface area contributed by atoms with Crippen molar-refractivity contribution in [2.24, 2.45) is 0 Å². The van der Waals surface area contributed by atoms with Crippen LogP contribution in [0.2, 0.25) is 5.02 Å². The van der Waals surface area contributed by atoms with Gasteiger partial charge in [-0.25, -0.2) is 0 Å². The number of methoxy groups -OCH3 is 1. The summed E-state index contributed by atoms with van der Waals surface area (Å²) in [6, 6.07) is 32.9. The standard InChI is InChI=1S/C29H25ClNO2/c1-32-27-15-16-28-23(19-27)17-18-31(25-11-9-24(30)10-12-25)29(28)22-7-13-26(14-8-22)33-20-21-5-3-2-4-6-21/h2-16,19H,17-18,20H2,1H3/q+1. The zero-order chi connectivity index (χ0) is 22.6. The number of hydrogen-bond donors (Lipinski definition) is 0. The number of nitrogens with zero attached hydrogens (tertiary/aromatic N) is 1. The molecule has 4 aromatic carbocycles. The Balaban J connectivity index is 1.52. The zero-order valence-electron chi connectivity index (χ0n) is 18.5. The van der Waals surface area contributed by atoms with E-state index in [4.69, 9.17) is 21.1 Å². The van der Waals surface area contributed by atoms with Gasteiger partial charge in [-0.05, 0) is 65.7 Å². The predicted octanol–water partition coefficient (Wildman–Crippen LogP) is 6.67. The molecular weight excluding hydrogens is 430 g/mol. The molecule has 0 saturated heterocycles. The molecule has 0 radical (unpaired) electrons. The summed E-state index contributed by atoms with van der Waals surface area (Å²) in [5.74, 6) is 1.74. The second-order valence-electron chi connectivity index (χ2n) is 8.05. The molecule has 0 spiro atoms. The van der Waals surface area contributed by atoms with E-state index in [0.29, 0.717) is 6.61 Å². The van der Waals surface area contributed by atoms with Crippen molar-refractivity contribution in [3.8, 4) is 11.5 Å². The minimum absolute atomic E-state index is 0.552. The quantitative estimate of drug-likeness (QED) is 0.303. The lowest BCUT2D eigenvalue weighted by molar-refractivity contribution is -0.440. The first-order valence-electron chi connectivity index (χ1n) is 11.1. The highest BCUT2D eigenvalue weighted by Crippen LogP contribution is 2.29. The highest BCUT2D eigenvalue weighted by molar-refractivity contribution is 6.30. The molecule has 164 valence electrons. The van der Waals surface area contributed by atoms with Gasteiger partial charge < -0.3 is 9.47 Å². The van der Waals surface area contributed by atoms with Crippen molar-refractivity contribution in [3.63, 3.8) is 0 Å². The van der Waals surface area contributed by atoms with Crippen LogP contribution in [0.15, 0.2) is 97.1 Å². The van der Waals surface area contributed by atoms with Crippen LogP contribution >= 0.6 is 11.6 Å². The number of rotatable bonds is 6. The normalized spacial score (nSPS) is 12.9. The monoisotopic (exact) mass is 454 g/mol. The number of fused-ring (bicyclic) bond motifs is 1. The van der Waals surface area contributed by atoms with E-state index in [1.165, 1.54) is 16.8 Å². The Morgan fingerprint density at radius 2 is 1.55 bits per heavy atom. The first-order chi connectivity index (χ1) is 16.2. The maximum absolute atomic E-state index is 6.16. The first kappa shape index (κ1) is 21.3. The number of benzene rings is 4. The Kier molecular flexibility index (Phi) is 6.14. The lowest BCUT2D eigenvalue weighted by atomic mass is 9.92. The Morgan fingerprint density at radius 1 is 0.818 bits per heavy atom. The summed E-state index contributed by atoms with van der Waals surface area (Å²) in [6.45, 7) is 1.43. The second kappa shape index (κ2) is 9.51. The minimum atomic E-state index is 0.552. The molecule has 5 rings (SSSR count). The van der Waals surface area contributed by atoms with Gasteiger partial charge in [-0.1, -0.05) is 41.9 Å². The van der Waals surface area contributed by atoms with Crippen molar-refractivity contribution in [2.75, 3.05) is 13.7 Å². The molecule has 0 atom stereocenters. The molecule has 0 aliphatic carbocycles. The molecule has 0 aromatic heterocycles. The fraction of sp³-hybridized carbons (Fsp3) is 0.138. The molecule has 4 heteroatoms. The van der Waals surface area contributed by atoms with Gasteiger partial charge in [0, 0.05) is 29.1 Å². The van der Waals surface area contributed by atoms with Gasteiger partial charge in [0.25, 0.3) is 0 Å². The lowest BCUT2D eigenvalue weighted by Gasteiger charge is -2.19. The highest BCUT2D eigenvalue weighted by atomic mass is 35.5. The summed E-state index contributed by atoms with van der Waals surface area (Å²) in [4.78, 5) is 0. The van der Waals surface area contributed by atoms with E-state index in [2.05, 4.69) is 53.1 Å². The Labute approximate surface area is 199 Å². The maximum atomic E-state index is 6.16. The third-order valence-electron chi connectivity index (χ3n) is 5.96. The van der Waals surface area contributed by atoms with Crippen molar-refractivity contribution < 1.29 is 14.0 Å². The number of ether oxygens (including phenoxy) is 2. The highest BCUT2D eigenvalue weighted by Gasteiger charge is 2.29. The van der Waals surface area contributed by atoms with Gasteiger partial charge in [-0.2, -0.15) is 4.58 Å².